The van der Waals surface area contributed by atoms with E-state index in [-0.39, 0.29) is 0 Å². The summed E-state index contributed by atoms with van der Waals surface area (Å²) >= 11 is 0. The van der Waals surface area contributed by atoms with Gasteiger partial charge in [-0.1, -0.05) is 6.42 Å². The van der Waals surface area contributed by atoms with E-state index in [1.807, 2.05) is 0 Å². The van der Waals surface area contributed by atoms with E-state index in [1.165, 1.54) is 38.8 Å². The van der Waals surface area contributed by atoms with Gasteiger partial charge in [0, 0.05) is 18.6 Å². The quantitative estimate of drug-likeness (QED) is 0.545. The molecular weight excluding hydrogens is 150 g/mol. The van der Waals surface area contributed by atoms with E-state index in [1.54, 1.807) is 0 Å². The highest BCUT2D eigenvalue weighted by Crippen LogP contribution is 2.36. The second kappa shape index (κ2) is 3.35. The Bertz CT molecular complexity index is 152. The molecule has 12 heavy (non-hydrogen) atoms. The zero-order valence-electron chi connectivity index (χ0n) is 8.01. The van der Waals surface area contributed by atoms with Crippen LogP contribution in [-0.4, -0.2) is 38.3 Å². The molecule has 2 nitrogen and oxygen atoms in total. The first-order valence-corrected chi connectivity index (χ1v) is 5.07. The van der Waals surface area contributed by atoms with Crippen molar-refractivity contribution in [2.24, 2.45) is 5.41 Å². The third kappa shape index (κ3) is 1.64. The molecule has 0 aliphatic carbocycles. The van der Waals surface area contributed by atoms with Gasteiger partial charge in [0.2, 0.25) is 0 Å². The average molecular weight is 169 g/mol. The summed E-state index contributed by atoms with van der Waals surface area (Å²) in [5.41, 5.74) is 0.533. The van der Waals surface area contributed by atoms with Gasteiger partial charge in [-0.3, -0.25) is 0 Å². The predicted octanol–water partition coefficient (Wildman–Crippen LogP) is 1.51. The molecule has 0 aromatic heterocycles. The fourth-order valence-corrected chi connectivity index (χ4v) is 2.58. The Balaban J connectivity index is 2.02. The van der Waals surface area contributed by atoms with Gasteiger partial charge < -0.3 is 9.64 Å². The lowest BCUT2D eigenvalue weighted by Gasteiger charge is -2.28. The lowest BCUT2D eigenvalue weighted by Crippen LogP contribution is -2.34. The van der Waals surface area contributed by atoms with Crippen LogP contribution in [0, 0.1) is 5.41 Å². The number of ether oxygens (including phenoxy) is 1. The van der Waals surface area contributed by atoms with Gasteiger partial charge in [-0.15, -0.1) is 0 Å². The van der Waals surface area contributed by atoms with Gasteiger partial charge in [0.05, 0.1) is 6.61 Å². The van der Waals surface area contributed by atoms with Crippen LogP contribution in [0.25, 0.3) is 0 Å². The van der Waals surface area contributed by atoms with E-state index in [0.717, 1.165) is 13.2 Å². The number of hydrogen-bond acceptors (Lipinski definition) is 2. The Labute approximate surface area is 74.9 Å². The van der Waals surface area contributed by atoms with Gasteiger partial charge in [0.15, 0.2) is 0 Å². The fraction of sp³-hybridized carbons (Fsp3) is 1.00. The Hall–Kier alpha value is -0.0800. The summed E-state index contributed by atoms with van der Waals surface area (Å²) in [7, 11) is 2.24. The van der Waals surface area contributed by atoms with Crippen molar-refractivity contribution in [3.8, 4) is 0 Å². The molecule has 2 heterocycles. The Morgan fingerprint density at radius 3 is 2.92 bits per heavy atom. The maximum Gasteiger partial charge on any atom is 0.0535 e. The number of rotatable bonds is 0. The minimum atomic E-state index is 0.533. The van der Waals surface area contributed by atoms with Crippen molar-refractivity contribution in [2.75, 3.05) is 33.4 Å². The van der Waals surface area contributed by atoms with E-state index >= 15 is 0 Å². The highest BCUT2D eigenvalue weighted by Gasteiger charge is 2.36. The SMILES string of the molecule is CN1CCCCC2(CCOC2)C1. The number of likely N-dealkylation sites (tertiary alicyclic amines) is 1. The molecule has 70 valence electrons. The molecule has 2 aliphatic heterocycles. The van der Waals surface area contributed by atoms with Crippen molar-refractivity contribution in [3.63, 3.8) is 0 Å². The van der Waals surface area contributed by atoms with Crippen LogP contribution in [0.4, 0.5) is 0 Å². The monoisotopic (exact) mass is 169 g/mol. The van der Waals surface area contributed by atoms with Crippen molar-refractivity contribution in [2.45, 2.75) is 25.7 Å². The third-order valence-electron chi connectivity index (χ3n) is 3.29. The average Bonchev–Trinajstić information content (AvgIpc) is 2.39. The van der Waals surface area contributed by atoms with Gasteiger partial charge in [-0.05, 0) is 32.9 Å². The van der Waals surface area contributed by atoms with Crippen LogP contribution in [0.1, 0.15) is 25.7 Å². The first-order valence-electron chi connectivity index (χ1n) is 5.07. The summed E-state index contributed by atoms with van der Waals surface area (Å²) in [6.07, 6.45) is 5.45. The van der Waals surface area contributed by atoms with Crippen molar-refractivity contribution in [1.82, 2.24) is 4.90 Å². The zero-order valence-corrected chi connectivity index (χ0v) is 8.01. The zero-order chi connectivity index (χ0) is 8.44. The summed E-state index contributed by atoms with van der Waals surface area (Å²) in [5, 5.41) is 0. The first-order chi connectivity index (χ1) is 5.81. The lowest BCUT2D eigenvalue weighted by molar-refractivity contribution is 0.125. The molecule has 0 radical (unpaired) electrons. The Kier molecular flexibility index (Phi) is 2.37. The number of hydrogen-bond donors (Lipinski definition) is 0. The Morgan fingerprint density at radius 2 is 2.17 bits per heavy atom. The number of nitrogens with zero attached hydrogens (tertiary/aromatic N) is 1. The van der Waals surface area contributed by atoms with Crippen molar-refractivity contribution < 1.29 is 4.74 Å². The molecule has 2 aliphatic rings. The first kappa shape index (κ1) is 8.52. The van der Waals surface area contributed by atoms with Crippen LogP contribution < -0.4 is 0 Å². The van der Waals surface area contributed by atoms with E-state index in [2.05, 4.69) is 11.9 Å². The summed E-state index contributed by atoms with van der Waals surface area (Å²) in [6.45, 7) is 4.54. The molecule has 2 saturated heterocycles. The minimum absolute atomic E-state index is 0.533. The molecule has 2 heteroatoms. The van der Waals surface area contributed by atoms with Crippen LogP contribution in [0.3, 0.4) is 0 Å². The standard InChI is InChI=1S/C10H19NO/c1-11-6-3-2-4-10(8-11)5-7-12-9-10/h2-9H2,1H3. The molecule has 1 atom stereocenters. The second-order valence-electron chi connectivity index (χ2n) is 4.50. The molecule has 0 bridgehead atoms. The maximum atomic E-state index is 5.52. The van der Waals surface area contributed by atoms with E-state index in [4.69, 9.17) is 4.74 Å². The van der Waals surface area contributed by atoms with Crippen LogP contribution in [-0.2, 0) is 4.74 Å². The smallest absolute Gasteiger partial charge is 0.0535 e. The maximum absolute atomic E-state index is 5.52. The molecule has 0 N–H and O–H groups in total. The summed E-state index contributed by atoms with van der Waals surface area (Å²) in [6, 6.07) is 0. The molecule has 2 fully saturated rings. The topological polar surface area (TPSA) is 12.5 Å². The summed E-state index contributed by atoms with van der Waals surface area (Å²) in [4.78, 5) is 2.47. The Morgan fingerprint density at radius 1 is 1.25 bits per heavy atom. The van der Waals surface area contributed by atoms with Crippen LogP contribution >= 0.6 is 0 Å². The second-order valence-corrected chi connectivity index (χ2v) is 4.50. The predicted molar refractivity (Wildman–Crippen MR) is 49.2 cm³/mol. The van der Waals surface area contributed by atoms with Gasteiger partial charge >= 0.3 is 0 Å². The summed E-state index contributed by atoms with van der Waals surface area (Å²) in [5.74, 6) is 0. The van der Waals surface area contributed by atoms with Crippen molar-refractivity contribution >= 4 is 0 Å². The molecule has 1 spiro atoms. The third-order valence-corrected chi connectivity index (χ3v) is 3.29. The normalized spacial score (nSPS) is 38.8. The highest BCUT2D eigenvalue weighted by atomic mass is 16.5. The highest BCUT2D eigenvalue weighted by molar-refractivity contribution is 4.87. The van der Waals surface area contributed by atoms with Crippen LogP contribution in [0.15, 0.2) is 0 Å². The van der Waals surface area contributed by atoms with E-state index in [9.17, 15) is 0 Å². The molecule has 0 aromatic carbocycles. The van der Waals surface area contributed by atoms with Gasteiger partial charge in [0.25, 0.3) is 0 Å². The molecule has 0 saturated carbocycles. The van der Waals surface area contributed by atoms with Crippen molar-refractivity contribution in [3.05, 3.63) is 0 Å². The van der Waals surface area contributed by atoms with E-state index in [0.29, 0.717) is 5.41 Å². The fourth-order valence-electron chi connectivity index (χ4n) is 2.58. The minimum Gasteiger partial charge on any atom is -0.381 e. The molecule has 0 amide bonds. The van der Waals surface area contributed by atoms with Gasteiger partial charge in [-0.2, -0.15) is 0 Å². The van der Waals surface area contributed by atoms with Crippen molar-refractivity contribution in [1.29, 1.82) is 0 Å². The van der Waals surface area contributed by atoms with Gasteiger partial charge in [0.1, 0.15) is 0 Å². The molecular formula is C10H19NO. The summed E-state index contributed by atoms with van der Waals surface area (Å²) < 4.78 is 5.52. The van der Waals surface area contributed by atoms with Gasteiger partial charge in [-0.25, -0.2) is 0 Å². The molecule has 0 aromatic rings. The molecule has 2 rings (SSSR count). The lowest BCUT2D eigenvalue weighted by atomic mass is 9.83. The van der Waals surface area contributed by atoms with E-state index < -0.39 is 0 Å². The van der Waals surface area contributed by atoms with Crippen LogP contribution in [0.5, 0.6) is 0 Å². The van der Waals surface area contributed by atoms with Crippen LogP contribution in [0.2, 0.25) is 0 Å². The molecule has 1 unspecified atom stereocenters. The largest absolute Gasteiger partial charge is 0.381 e.